The second-order valence-electron chi connectivity index (χ2n) is 12.8. The Morgan fingerprint density at radius 3 is 2.65 bits per heavy atom. The summed E-state index contributed by atoms with van der Waals surface area (Å²) in [5.41, 5.74) is 0.0178. The molecule has 0 bridgehead atoms. The number of nitrogens with one attached hydrogen (secondary N) is 5. The molecule has 2 fully saturated rings. The number of halogens is 3. The molecule has 0 unspecified atom stereocenters. The molecule has 0 saturated carbocycles. The van der Waals surface area contributed by atoms with Gasteiger partial charge in [-0.05, 0) is 69.0 Å². The van der Waals surface area contributed by atoms with E-state index in [1.54, 1.807) is 26.1 Å². The average Bonchev–Trinajstić information content (AvgIpc) is 3.79. The number of carbonyl (C=O) groups excluding carboxylic acids is 3. The lowest BCUT2D eigenvalue weighted by Crippen LogP contribution is -2.59. The van der Waals surface area contributed by atoms with Crippen molar-refractivity contribution in [3.05, 3.63) is 52.8 Å². The molecule has 5 N–H and O–H groups in total. The van der Waals surface area contributed by atoms with Crippen LogP contribution in [0.1, 0.15) is 45.6 Å². The van der Waals surface area contributed by atoms with Crippen molar-refractivity contribution in [2.24, 2.45) is 5.41 Å². The maximum absolute atomic E-state index is 14.9. The molecule has 1 aromatic heterocycles. The van der Waals surface area contributed by atoms with E-state index in [1.165, 1.54) is 12.4 Å². The molecule has 2 saturated heterocycles. The van der Waals surface area contributed by atoms with Crippen LogP contribution in [0.25, 0.3) is 10.9 Å². The zero-order chi connectivity index (χ0) is 34.6. The fraction of sp³-hybridized carbons (Fsp3) is 0.485. The van der Waals surface area contributed by atoms with Crippen molar-refractivity contribution >= 4 is 51.7 Å². The van der Waals surface area contributed by atoms with Crippen LogP contribution in [-0.2, 0) is 25.5 Å². The van der Waals surface area contributed by atoms with Gasteiger partial charge in [0.25, 0.3) is 0 Å². The van der Waals surface area contributed by atoms with Gasteiger partial charge in [0.2, 0.25) is 17.7 Å². The molecule has 15 heteroatoms. The first kappa shape index (κ1) is 35.3. The molecule has 5 rings (SSSR count). The largest absolute Gasteiger partial charge is 0.488 e. The monoisotopic (exact) mass is 687 g/mol. The summed E-state index contributed by atoms with van der Waals surface area (Å²) in [4.78, 5) is 48.5. The van der Waals surface area contributed by atoms with E-state index < -0.39 is 57.9 Å². The first-order valence-electron chi connectivity index (χ1n) is 15.9. The standard InChI is InChI=1S/C33H40ClF2N7O5/c1-17(37-4)30(44)42-28(32(46)43-31(45)23-6-5-10-38-23)33(2,3)14-18-12-20-24(13-25(18)48-19-9-11-47-15-19)39-16-40-29(20)41-22-8-7-21(35)26(34)27(22)36/h7-8,12-13,16-17,19,23,28,37-38H,5-6,9-11,14-15H2,1-4H3,(H,42,44)(H,39,40,41)(H,43,45,46)/t17-,19-,23-,28+/m0/s1. The molecule has 4 atom stereocenters. The summed E-state index contributed by atoms with van der Waals surface area (Å²) in [7, 11) is 1.63. The molecule has 258 valence electrons. The Kier molecular flexibility index (Phi) is 11.1. The van der Waals surface area contributed by atoms with Crippen molar-refractivity contribution in [1.29, 1.82) is 0 Å². The summed E-state index contributed by atoms with van der Waals surface area (Å²) in [5.74, 6) is -2.69. The molecule has 3 amide bonds. The third-order valence-electron chi connectivity index (χ3n) is 8.71. The molecule has 2 aromatic carbocycles. The number of nitrogens with zero attached hydrogens (tertiary/aromatic N) is 2. The molecule has 0 spiro atoms. The van der Waals surface area contributed by atoms with Crippen molar-refractivity contribution in [2.45, 2.75) is 70.7 Å². The summed E-state index contributed by atoms with van der Waals surface area (Å²) < 4.78 is 40.6. The first-order chi connectivity index (χ1) is 22.9. The fourth-order valence-electron chi connectivity index (χ4n) is 5.81. The Morgan fingerprint density at radius 1 is 1.17 bits per heavy atom. The van der Waals surface area contributed by atoms with Crippen LogP contribution < -0.4 is 31.3 Å². The zero-order valence-corrected chi connectivity index (χ0v) is 28.0. The number of amides is 3. The second kappa shape index (κ2) is 15.1. The number of carbonyl (C=O) groups is 3. The lowest BCUT2D eigenvalue weighted by molar-refractivity contribution is -0.137. The lowest BCUT2D eigenvalue weighted by atomic mass is 9.77. The van der Waals surface area contributed by atoms with E-state index in [-0.39, 0.29) is 24.0 Å². The predicted octanol–water partition coefficient (Wildman–Crippen LogP) is 3.53. The maximum atomic E-state index is 14.9. The van der Waals surface area contributed by atoms with Crippen LogP contribution >= 0.6 is 11.6 Å². The Bertz CT molecular complexity index is 1680. The van der Waals surface area contributed by atoms with Gasteiger partial charge in [0.1, 0.15) is 40.9 Å². The van der Waals surface area contributed by atoms with Gasteiger partial charge in [-0.15, -0.1) is 0 Å². The molecule has 48 heavy (non-hydrogen) atoms. The van der Waals surface area contributed by atoms with Gasteiger partial charge in [-0.2, -0.15) is 0 Å². The van der Waals surface area contributed by atoms with Crippen LogP contribution in [0.15, 0.2) is 30.6 Å². The number of anilines is 2. The normalized spacial score (nSPS) is 19.1. The van der Waals surface area contributed by atoms with Gasteiger partial charge in [0.15, 0.2) is 5.82 Å². The number of hydrogen-bond acceptors (Lipinski definition) is 10. The fourth-order valence-corrected chi connectivity index (χ4v) is 5.97. The summed E-state index contributed by atoms with van der Waals surface area (Å²) in [6.45, 7) is 6.89. The van der Waals surface area contributed by atoms with E-state index in [0.717, 1.165) is 12.5 Å². The van der Waals surface area contributed by atoms with Gasteiger partial charge in [0, 0.05) is 17.9 Å². The van der Waals surface area contributed by atoms with Gasteiger partial charge in [-0.25, -0.2) is 18.7 Å². The maximum Gasteiger partial charge on any atom is 0.249 e. The SMILES string of the molecule is CN[C@@H](C)C(=O)N[C@H](C(=O)NC(=O)[C@@H]1CCCN1)C(C)(C)Cc1cc2c(Nc3ccc(F)c(Cl)c3F)ncnc2cc1O[C@H]1CCOC1. The van der Waals surface area contributed by atoms with E-state index in [9.17, 15) is 23.2 Å². The van der Waals surface area contributed by atoms with Crippen LogP contribution in [-0.4, -0.2) is 78.7 Å². The second-order valence-corrected chi connectivity index (χ2v) is 13.1. The molecule has 0 radical (unpaired) electrons. The molecule has 0 aliphatic carbocycles. The minimum Gasteiger partial charge on any atom is -0.488 e. The number of rotatable bonds is 12. The Morgan fingerprint density at radius 2 is 1.96 bits per heavy atom. The topological polar surface area (TPSA) is 156 Å². The Balaban J connectivity index is 1.53. The van der Waals surface area contributed by atoms with Crippen LogP contribution in [0.2, 0.25) is 5.02 Å². The number of ether oxygens (including phenoxy) is 2. The highest BCUT2D eigenvalue weighted by Crippen LogP contribution is 2.37. The number of fused-ring (bicyclic) bond motifs is 1. The number of likely N-dealkylation sites (N-methyl/N-ethyl adjacent to an activating group) is 1. The summed E-state index contributed by atoms with van der Waals surface area (Å²) in [6.07, 6.45) is 3.34. The lowest BCUT2D eigenvalue weighted by Gasteiger charge is -2.35. The quantitative estimate of drug-likeness (QED) is 0.179. The minimum atomic E-state index is -1.13. The summed E-state index contributed by atoms with van der Waals surface area (Å²) in [5, 5.41) is 14.0. The summed E-state index contributed by atoms with van der Waals surface area (Å²) >= 11 is 5.81. The van der Waals surface area contributed by atoms with Crippen LogP contribution in [0.4, 0.5) is 20.3 Å². The number of aromatic nitrogens is 2. The Hall–Kier alpha value is -3.98. The summed E-state index contributed by atoms with van der Waals surface area (Å²) in [6, 6.07) is 3.52. The number of imide groups is 1. The van der Waals surface area contributed by atoms with E-state index in [1.807, 2.05) is 13.8 Å². The van der Waals surface area contributed by atoms with Crippen molar-refractivity contribution in [3.8, 4) is 5.75 Å². The van der Waals surface area contributed by atoms with Crippen LogP contribution in [0.5, 0.6) is 5.75 Å². The highest BCUT2D eigenvalue weighted by molar-refractivity contribution is 6.31. The van der Waals surface area contributed by atoms with Crippen molar-refractivity contribution in [2.75, 3.05) is 32.1 Å². The van der Waals surface area contributed by atoms with Gasteiger partial charge in [0.05, 0.1) is 36.5 Å². The first-order valence-corrected chi connectivity index (χ1v) is 16.2. The predicted molar refractivity (Wildman–Crippen MR) is 176 cm³/mol. The molecule has 3 heterocycles. The van der Waals surface area contributed by atoms with Crippen molar-refractivity contribution in [3.63, 3.8) is 0 Å². The third kappa shape index (κ3) is 8.00. The molecular weight excluding hydrogens is 648 g/mol. The van der Waals surface area contributed by atoms with E-state index in [4.69, 9.17) is 21.1 Å². The molecule has 3 aromatic rings. The highest BCUT2D eigenvalue weighted by Gasteiger charge is 2.40. The van der Waals surface area contributed by atoms with E-state index >= 15 is 0 Å². The third-order valence-corrected chi connectivity index (χ3v) is 9.06. The van der Waals surface area contributed by atoms with Crippen LogP contribution in [0.3, 0.4) is 0 Å². The molecule has 12 nitrogen and oxygen atoms in total. The Labute approximate surface area is 282 Å². The van der Waals surface area contributed by atoms with Crippen molar-refractivity contribution in [1.82, 2.24) is 31.2 Å². The number of benzene rings is 2. The van der Waals surface area contributed by atoms with Gasteiger partial charge >= 0.3 is 0 Å². The minimum absolute atomic E-state index is 0.0915. The smallest absolute Gasteiger partial charge is 0.249 e. The highest BCUT2D eigenvalue weighted by atomic mass is 35.5. The van der Waals surface area contributed by atoms with Crippen LogP contribution in [0, 0.1) is 17.0 Å². The average molecular weight is 688 g/mol. The number of hydrogen-bond donors (Lipinski definition) is 5. The molecule has 2 aliphatic rings. The van der Waals surface area contributed by atoms with Gasteiger partial charge in [-0.1, -0.05) is 25.4 Å². The van der Waals surface area contributed by atoms with Crippen molar-refractivity contribution < 1.29 is 32.6 Å². The van der Waals surface area contributed by atoms with Gasteiger partial charge < -0.3 is 30.7 Å². The van der Waals surface area contributed by atoms with E-state index in [2.05, 4.69) is 36.6 Å². The van der Waals surface area contributed by atoms with E-state index in [0.29, 0.717) is 54.8 Å². The van der Waals surface area contributed by atoms with Gasteiger partial charge in [-0.3, -0.25) is 19.7 Å². The zero-order valence-electron chi connectivity index (χ0n) is 27.2. The molecule has 2 aliphatic heterocycles. The molecular formula is C33H40ClF2N7O5.